The fraction of sp³-hybridized carbons (Fsp3) is 0.333. The van der Waals surface area contributed by atoms with E-state index in [9.17, 15) is 8.42 Å². The van der Waals surface area contributed by atoms with Crippen molar-refractivity contribution >= 4 is 27.2 Å². The third-order valence-electron chi connectivity index (χ3n) is 5.19. The molecule has 8 heteroatoms. The summed E-state index contributed by atoms with van der Waals surface area (Å²) in [6.07, 6.45) is 0. The number of aryl methyl sites for hydroxylation is 3. The van der Waals surface area contributed by atoms with Gasteiger partial charge in [0.05, 0.1) is 9.77 Å². The zero-order chi connectivity index (χ0) is 20.6. The van der Waals surface area contributed by atoms with Crippen molar-refractivity contribution in [3.63, 3.8) is 0 Å². The number of hydrogen-bond donors (Lipinski definition) is 0. The van der Waals surface area contributed by atoms with Crippen LogP contribution >= 0.6 is 11.3 Å². The number of hydrogen-bond acceptors (Lipinski definition) is 6. The fourth-order valence-corrected chi connectivity index (χ4v) is 6.43. The molecular weight excluding hydrogens is 404 g/mol. The van der Waals surface area contributed by atoms with Crippen molar-refractivity contribution in [2.75, 3.05) is 31.1 Å². The van der Waals surface area contributed by atoms with E-state index in [0.717, 1.165) is 33.1 Å². The Morgan fingerprint density at radius 1 is 0.931 bits per heavy atom. The first-order valence-electron chi connectivity index (χ1n) is 9.57. The van der Waals surface area contributed by atoms with Crippen LogP contribution in [0.25, 0.3) is 10.6 Å². The minimum atomic E-state index is -3.51. The van der Waals surface area contributed by atoms with Gasteiger partial charge < -0.3 is 4.90 Å². The molecule has 0 bridgehead atoms. The molecule has 0 N–H and O–H groups in total. The first-order valence-corrected chi connectivity index (χ1v) is 11.9. The van der Waals surface area contributed by atoms with E-state index in [1.807, 2.05) is 62.5 Å². The lowest BCUT2D eigenvalue weighted by atomic mass is 10.1. The first-order chi connectivity index (χ1) is 13.9. The maximum Gasteiger partial charge on any atom is 0.243 e. The van der Waals surface area contributed by atoms with Crippen LogP contribution in [-0.2, 0) is 10.0 Å². The molecule has 3 aromatic rings. The largest absolute Gasteiger partial charge is 0.352 e. The topological polar surface area (TPSA) is 66.4 Å². The van der Waals surface area contributed by atoms with Crippen LogP contribution in [0.5, 0.6) is 0 Å². The summed E-state index contributed by atoms with van der Waals surface area (Å²) in [6, 6.07) is 11.8. The van der Waals surface area contributed by atoms with Gasteiger partial charge in [-0.3, -0.25) is 0 Å². The third kappa shape index (κ3) is 3.92. The van der Waals surface area contributed by atoms with Gasteiger partial charge in [-0.15, -0.1) is 21.5 Å². The summed E-state index contributed by atoms with van der Waals surface area (Å²) in [4.78, 5) is 3.62. The van der Waals surface area contributed by atoms with E-state index in [1.165, 1.54) is 0 Å². The molecule has 0 spiro atoms. The van der Waals surface area contributed by atoms with Gasteiger partial charge in [0.2, 0.25) is 10.0 Å². The third-order valence-corrected chi connectivity index (χ3v) is 8.29. The highest BCUT2D eigenvalue weighted by molar-refractivity contribution is 7.89. The lowest BCUT2D eigenvalue weighted by Crippen LogP contribution is -2.49. The van der Waals surface area contributed by atoms with E-state index in [0.29, 0.717) is 31.1 Å². The maximum atomic E-state index is 13.2. The summed E-state index contributed by atoms with van der Waals surface area (Å²) < 4.78 is 28.1. The monoisotopic (exact) mass is 428 g/mol. The molecule has 2 aromatic heterocycles. The second-order valence-corrected chi connectivity index (χ2v) is 10.2. The summed E-state index contributed by atoms with van der Waals surface area (Å²) in [5.41, 5.74) is 3.54. The first kappa shape index (κ1) is 20.0. The highest BCUT2D eigenvalue weighted by Gasteiger charge is 2.31. The van der Waals surface area contributed by atoms with Gasteiger partial charge in [-0.25, -0.2) is 8.42 Å². The Labute approximate surface area is 175 Å². The molecule has 1 fully saturated rings. The molecule has 1 aliphatic heterocycles. The van der Waals surface area contributed by atoms with Gasteiger partial charge in [-0.05, 0) is 55.5 Å². The Kier molecular flexibility index (Phi) is 5.42. The Balaban J connectivity index is 1.48. The molecule has 0 radical (unpaired) electrons. The molecule has 0 unspecified atom stereocenters. The van der Waals surface area contributed by atoms with Gasteiger partial charge in [0.15, 0.2) is 5.82 Å². The average molecular weight is 429 g/mol. The molecule has 0 amide bonds. The molecule has 1 aliphatic rings. The number of rotatable bonds is 4. The zero-order valence-electron chi connectivity index (χ0n) is 16.8. The minimum Gasteiger partial charge on any atom is -0.352 e. The van der Waals surface area contributed by atoms with Crippen molar-refractivity contribution in [3.8, 4) is 10.6 Å². The molecule has 0 saturated carbocycles. The number of aromatic nitrogens is 2. The van der Waals surface area contributed by atoms with Crippen LogP contribution in [0.1, 0.15) is 16.7 Å². The number of piperazine rings is 1. The van der Waals surface area contributed by atoms with Crippen LogP contribution in [0, 0.1) is 20.8 Å². The van der Waals surface area contributed by atoms with Gasteiger partial charge in [-0.1, -0.05) is 23.8 Å². The van der Waals surface area contributed by atoms with Crippen molar-refractivity contribution in [1.82, 2.24) is 14.5 Å². The molecule has 0 atom stereocenters. The Morgan fingerprint density at radius 2 is 1.62 bits per heavy atom. The van der Waals surface area contributed by atoms with Crippen molar-refractivity contribution in [2.45, 2.75) is 25.7 Å². The smallest absolute Gasteiger partial charge is 0.243 e. The quantitative estimate of drug-likeness (QED) is 0.635. The van der Waals surface area contributed by atoms with Crippen LogP contribution in [-0.4, -0.2) is 49.1 Å². The van der Waals surface area contributed by atoms with Crippen LogP contribution in [0.3, 0.4) is 0 Å². The van der Waals surface area contributed by atoms with Gasteiger partial charge in [0.25, 0.3) is 0 Å². The van der Waals surface area contributed by atoms with Crippen molar-refractivity contribution in [3.05, 3.63) is 58.5 Å². The van der Waals surface area contributed by atoms with Gasteiger partial charge in [0, 0.05) is 26.2 Å². The zero-order valence-corrected chi connectivity index (χ0v) is 18.4. The SMILES string of the molecule is Cc1cc(C)c(S(=O)(=O)N2CCN(c3ccc(-c4cccs4)nn3)CC2)c(C)c1. The molecule has 0 aliphatic carbocycles. The van der Waals surface area contributed by atoms with E-state index in [4.69, 9.17) is 0 Å². The number of benzene rings is 1. The number of sulfonamides is 1. The maximum absolute atomic E-state index is 13.2. The summed E-state index contributed by atoms with van der Waals surface area (Å²) in [7, 11) is -3.51. The molecule has 1 saturated heterocycles. The second-order valence-electron chi connectivity index (χ2n) is 7.37. The number of anilines is 1. The van der Waals surface area contributed by atoms with E-state index in [1.54, 1.807) is 15.6 Å². The molecular formula is C21H24N4O2S2. The average Bonchev–Trinajstić information content (AvgIpc) is 3.22. The Hall–Kier alpha value is -2.29. The highest BCUT2D eigenvalue weighted by Crippen LogP contribution is 2.27. The normalized spacial score (nSPS) is 15.6. The van der Waals surface area contributed by atoms with Crippen molar-refractivity contribution < 1.29 is 8.42 Å². The predicted molar refractivity (Wildman–Crippen MR) is 117 cm³/mol. The van der Waals surface area contributed by atoms with E-state index < -0.39 is 10.0 Å². The van der Waals surface area contributed by atoms with Crippen LogP contribution < -0.4 is 4.90 Å². The second kappa shape index (κ2) is 7.85. The van der Waals surface area contributed by atoms with Gasteiger partial charge in [-0.2, -0.15) is 4.31 Å². The molecule has 6 nitrogen and oxygen atoms in total. The number of nitrogens with zero attached hydrogens (tertiary/aromatic N) is 4. The fourth-order valence-electron chi connectivity index (χ4n) is 3.91. The van der Waals surface area contributed by atoms with E-state index in [2.05, 4.69) is 15.1 Å². The van der Waals surface area contributed by atoms with E-state index >= 15 is 0 Å². The minimum absolute atomic E-state index is 0.434. The summed E-state index contributed by atoms with van der Waals surface area (Å²) >= 11 is 1.63. The predicted octanol–water partition coefficient (Wildman–Crippen LogP) is 3.64. The molecule has 29 heavy (non-hydrogen) atoms. The Bertz CT molecular complexity index is 1080. The lowest BCUT2D eigenvalue weighted by Gasteiger charge is -2.35. The molecule has 3 heterocycles. The van der Waals surface area contributed by atoms with Gasteiger partial charge in [0.1, 0.15) is 5.69 Å². The standard InChI is InChI=1S/C21H24N4O2S2/c1-15-13-16(2)21(17(3)14-15)29(26,27)25-10-8-24(9-11-25)20-7-6-18(22-23-20)19-5-4-12-28-19/h4-7,12-14H,8-11H2,1-3H3. The molecule has 4 rings (SSSR count). The summed E-state index contributed by atoms with van der Waals surface area (Å²) in [5, 5.41) is 10.7. The van der Waals surface area contributed by atoms with Gasteiger partial charge >= 0.3 is 0 Å². The lowest BCUT2D eigenvalue weighted by molar-refractivity contribution is 0.383. The summed E-state index contributed by atoms with van der Waals surface area (Å²) in [5.74, 6) is 0.782. The number of thiophene rings is 1. The molecule has 152 valence electrons. The van der Waals surface area contributed by atoms with Crippen LogP contribution in [0.2, 0.25) is 0 Å². The molecule has 1 aromatic carbocycles. The Morgan fingerprint density at radius 3 is 2.17 bits per heavy atom. The van der Waals surface area contributed by atoms with Crippen LogP contribution in [0.15, 0.2) is 46.7 Å². The van der Waals surface area contributed by atoms with Crippen LogP contribution in [0.4, 0.5) is 5.82 Å². The highest BCUT2D eigenvalue weighted by atomic mass is 32.2. The van der Waals surface area contributed by atoms with E-state index in [-0.39, 0.29) is 0 Å². The van der Waals surface area contributed by atoms with Crippen molar-refractivity contribution in [2.24, 2.45) is 0 Å². The van der Waals surface area contributed by atoms with Crippen molar-refractivity contribution in [1.29, 1.82) is 0 Å². The summed E-state index contributed by atoms with van der Waals surface area (Å²) in [6.45, 7) is 7.78.